The molecule has 2 heteroatoms. The third-order valence-electron chi connectivity index (χ3n) is 3.79. The Balaban J connectivity index is 2.45. The van der Waals surface area contributed by atoms with Gasteiger partial charge in [0.25, 0.3) is 0 Å². The molecule has 1 N–H and O–H groups in total. The lowest BCUT2D eigenvalue weighted by atomic mass is 9.78. The van der Waals surface area contributed by atoms with Crippen molar-refractivity contribution in [2.75, 3.05) is 13.7 Å². The van der Waals surface area contributed by atoms with Gasteiger partial charge >= 0.3 is 0 Å². The number of methoxy groups -OCH3 is 1. The minimum atomic E-state index is 0.368. The van der Waals surface area contributed by atoms with Gasteiger partial charge in [-0.15, -0.1) is 0 Å². The summed E-state index contributed by atoms with van der Waals surface area (Å²) in [5.41, 5.74) is 0. The van der Waals surface area contributed by atoms with E-state index >= 15 is 0 Å². The maximum absolute atomic E-state index is 5.68. The van der Waals surface area contributed by atoms with Crippen molar-refractivity contribution in [3.8, 4) is 0 Å². The minimum Gasteiger partial charge on any atom is -0.380 e. The van der Waals surface area contributed by atoms with Gasteiger partial charge in [-0.3, -0.25) is 0 Å². The topological polar surface area (TPSA) is 21.3 Å². The first-order valence-electron chi connectivity index (χ1n) is 6.95. The van der Waals surface area contributed by atoms with Crippen molar-refractivity contribution in [3.63, 3.8) is 0 Å². The Kier molecular flexibility index (Phi) is 6.37. The summed E-state index contributed by atoms with van der Waals surface area (Å²) < 4.78 is 5.68. The number of rotatable bonds is 8. The molecule has 0 aromatic heterocycles. The van der Waals surface area contributed by atoms with Crippen LogP contribution in [0.15, 0.2) is 0 Å². The molecule has 0 aromatic rings. The first-order chi connectivity index (χ1) is 7.69. The van der Waals surface area contributed by atoms with Crippen molar-refractivity contribution in [3.05, 3.63) is 0 Å². The van der Waals surface area contributed by atoms with E-state index in [0.717, 1.165) is 12.5 Å². The molecule has 2 unspecified atom stereocenters. The Morgan fingerprint density at radius 2 is 2.00 bits per heavy atom. The van der Waals surface area contributed by atoms with Gasteiger partial charge in [0.15, 0.2) is 0 Å². The lowest BCUT2D eigenvalue weighted by Gasteiger charge is -2.35. The van der Waals surface area contributed by atoms with Gasteiger partial charge in [0.05, 0.1) is 6.10 Å². The zero-order chi connectivity index (χ0) is 12.0. The predicted octanol–water partition coefficient (Wildman–Crippen LogP) is 3.22. The van der Waals surface area contributed by atoms with E-state index in [9.17, 15) is 0 Å². The van der Waals surface area contributed by atoms with Gasteiger partial charge < -0.3 is 10.1 Å². The summed E-state index contributed by atoms with van der Waals surface area (Å²) in [6, 6.07) is 0.551. The van der Waals surface area contributed by atoms with E-state index in [2.05, 4.69) is 26.1 Å². The molecule has 1 saturated carbocycles. The summed E-state index contributed by atoms with van der Waals surface area (Å²) in [5.74, 6) is 1.55. The van der Waals surface area contributed by atoms with E-state index in [4.69, 9.17) is 4.74 Å². The Morgan fingerprint density at radius 1 is 1.31 bits per heavy atom. The lowest BCUT2D eigenvalue weighted by Crippen LogP contribution is -2.45. The van der Waals surface area contributed by atoms with Gasteiger partial charge in [-0.2, -0.15) is 0 Å². The smallest absolute Gasteiger partial charge is 0.0747 e. The molecule has 0 aliphatic heterocycles. The van der Waals surface area contributed by atoms with Crippen LogP contribution >= 0.6 is 0 Å². The van der Waals surface area contributed by atoms with E-state index in [1.807, 2.05) is 7.11 Å². The largest absolute Gasteiger partial charge is 0.380 e. The first-order valence-corrected chi connectivity index (χ1v) is 6.95. The van der Waals surface area contributed by atoms with Gasteiger partial charge in [-0.25, -0.2) is 0 Å². The number of hydrogen-bond donors (Lipinski definition) is 1. The van der Waals surface area contributed by atoms with Crippen LogP contribution in [-0.4, -0.2) is 25.8 Å². The average Bonchev–Trinajstić information content (AvgIpc) is 2.19. The maximum Gasteiger partial charge on any atom is 0.0747 e. The van der Waals surface area contributed by atoms with Crippen molar-refractivity contribution < 1.29 is 4.74 Å². The summed E-state index contributed by atoms with van der Waals surface area (Å²) in [6.45, 7) is 7.86. The molecular weight excluding hydrogens is 198 g/mol. The Bertz CT molecular complexity index is 178. The Labute approximate surface area is 101 Å². The molecule has 1 aliphatic carbocycles. The molecule has 1 rings (SSSR count). The van der Waals surface area contributed by atoms with E-state index in [0.29, 0.717) is 18.1 Å². The SMILES string of the molecule is CCCNC(CC1CCC1)C(OC)C(C)C. The normalized spacial score (nSPS) is 20.8. The second-order valence-corrected chi connectivity index (χ2v) is 5.54. The fourth-order valence-corrected chi connectivity index (χ4v) is 2.65. The summed E-state index contributed by atoms with van der Waals surface area (Å²) >= 11 is 0. The monoisotopic (exact) mass is 227 g/mol. The highest BCUT2D eigenvalue weighted by molar-refractivity contribution is 4.84. The molecule has 0 aromatic carbocycles. The van der Waals surface area contributed by atoms with Crippen molar-refractivity contribution >= 4 is 0 Å². The third-order valence-corrected chi connectivity index (χ3v) is 3.79. The highest BCUT2D eigenvalue weighted by atomic mass is 16.5. The van der Waals surface area contributed by atoms with Crippen molar-refractivity contribution in [1.82, 2.24) is 5.32 Å². The van der Waals surface area contributed by atoms with Crippen molar-refractivity contribution in [2.24, 2.45) is 11.8 Å². The molecule has 1 fully saturated rings. The van der Waals surface area contributed by atoms with Crippen LogP contribution in [0.4, 0.5) is 0 Å². The van der Waals surface area contributed by atoms with Crippen LogP contribution < -0.4 is 5.32 Å². The second kappa shape index (κ2) is 7.29. The quantitative estimate of drug-likeness (QED) is 0.687. The zero-order valence-electron chi connectivity index (χ0n) is 11.5. The molecule has 0 amide bonds. The molecule has 0 radical (unpaired) electrons. The summed E-state index contributed by atoms with van der Waals surface area (Å²) in [4.78, 5) is 0. The molecular formula is C14H29NO. The van der Waals surface area contributed by atoms with Gasteiger partial charge in [0, 0.05) is 13.2 Å². The standard InChI is InChI=1S/C14H29NO/c1-5-9-15-13(10-12-7-6-8-12)14(16-4)11(2)3/h11-15H,5-10H2,1-4H3. The summed E-state index contributed by atoms with van der Waals surface area (Å²) in [7, 11) is 1.85. The van der Waals surface area contributed by atoms with E-state index in [1.54, 1.807) is 0 Å². The van der Waals surface area contributed by atoms with Crippen LogP contribution in [0.25, 0.3) is 0 Å². The van der Waals surface area contributed by atoms with Crippen LogP contribution in [-0.2, 0) is 4.74 Å². The van der Waals surface area contributed by atoms with Crippen LogP contribution in [0, 0.1) is 11.8 Å². The number of hydrogen-bond acceptors (Lipinski definition) is 2. The predicted molar refractivity (Wildman–Crippen MR) is 69.7 cm³/mol. The first kappa shape index (κ1) is 14.0. The van der Waals surface area contributed by atoms with Crippen molar-refractivity contribution in [1.29, 1.82) is 0 Å². The van der Waals surface area contributed by atoms with Crippen LogP contribution in [0.5, 0.6) is 0 Å². The summed E-state index contributed by atoms with van der Waals surface area (Å²) in [6.07, 6.45) is 7.17. The number of ether oxygens (including phenoxy) is 1. The molecule has 0 heterocycles. The van der Waals surface area contributed by atoms with Crippen LogP contribution in [0.1, 0.15) is 52.9 Å². The van der Waals surface area contributed by atoms with Gasteiger partial charge in [-0.1, -0.05) is 40.0 Å². The van der Waals surface area contributed by atoms with E-state index in [1.165, 1.54) is 32.1 Å². The number of nitrogens with one attached hydrogen (secondary N) is 1. The van der Waals surface area contributed by atoms with Crippen LogP contribution in [0.3, 0.4) is 0 Å². The van der Waals surface area contributed by atoms with Crippen LogP contribution in [0.2, 0.25) is 0 Å². The maximum atomic E-state index is 5.68. The lowest BCUT2D eigenvalue weighted by molar-refractivity contribution is 0.0215. The summed E-state index contributed by atoms with van der Waals surface area (Å²) in [5, 5.41) is 3.68. The molecule has 0 spiro atoms. The fraction of sp³-hybridized carbons (Fsp3) is 1.00. The second-order valence-electron chi connectivity index (χ2n) is 5.54. The molecule has 2 atom stereocenters. The highest BCUT2D eigenvalue weighted by Gasteiger charge is 2.28. The van der Waals surface area contributed by atoms with Gasteiger partial charge in [0.1, 0.15) is 0 Å². The third kappa shape index (κ3) is 4.06. The molecule has 2 nitrogen and oxygen atoms in total. The molecule has 96 valence electrons. The van der Waals surface area contributed by atoms with Gasteiger partial charge in [-0.05, 0) is 31.2 Å². The van der Waals surface area contributed by atoms with E-state index < -0.39 is 0 Å². The Morgan fingerprint density at radius 3 is 2.38 bits per heavy atom. The fourth-order valence-electron chi connectivity index (χ4n) is 2.65. The molecule has 0 bridgehead atoms. The molecule has 0 saturated heterocycles. The molecule has 1 aliphatic rings. The van der Waals surface area contributed by atoms with E-state index in [-0.39, 0.29) is 0 Å². The van der Waals surface area contributed by atoms with Gasteiger partial charge in [0.2, 0.25) is 0 Å². The molecule has 16 heavy (non-hydrogen) atoms. The highest BCUT2D eigenvalue weighted by Crippen LogP contribution is 2.32. The zero-order valence-corrected chi connectivity index (χ0v) is 11.5. The average molecular weight is 227 g/mol. The van der Waals surface area contributed by atoms with Crippen molar-refractivity contribution in [2.45, 2.75) is 65.0 Å². The Hall–Kier alpha value is -0.0800. The minimum absolute atomic E-state index is 0.368.